The molecule has 1 aliphatic heterocycles. The highest BCUT2D eigenvalue weighted by Gasteiger charge is 2.20. The second-order valence-corrected chi connectivity index (χ2v) is 4.23. The number of carbonyl (C=O) groups is 1. The van der Waals surface area contributed by atoms with Gasteiger partial charge in [0.1, 0.15) is 0 Å². The molecule has 1 heterocycles. The lowest BCUT2D eigenvalue weighted by Gasteiger charge is -2.25. The number of nitrogens with zero attached hydrogens (tertiary/aromatic N) is 3. The first-order valence-corrected chi connectivity index (χ1v) is 5.73. The first-order valence-electron chi connectivity index (χ1n) is 5.73. The molecule has 7 heteroatoms. The van der Waals surface area contributed by atoms with Crippen molar-refractivity contribution in [1.29, 1.82) is 0 Å². The first kappa shape index (κ1) is 13.6. The van der Waals surface area contributed by atoms with Crippen LogP contribution in [0.15, 0.2) is 5.11 Å². The maximum absolute atomic E-state index is 10.5. The van der Waals surface area contributed by atoms with Crippen LogP contribution in [-0.4, -0.2) is 32.5 Å². The van der Waals surface area contributed by atoms with Crippen molar-refractivity contribution in [3.63, 3.8) is 0 Å². The molecule has 0 aromatic carbocycles. The minimum absolute atomic E-state index is 0.0186. The molecule has 96 valence electrons. The highest BCUT2D eigenvalue weighted by Crippen LogP contribution is 2.22. The maximum Gasteiger partial charge on any atom is 0.404 e. The Morgan fingerprint density at radius 3 is 3.12 bits per heavy atom. The fraction of sp³-hybridized carbons (Fsp3) is 0.900. The number of rotatable bonds is 6. The Kier molecular flexibility index (Phi) is 6.21. The molecular weight excluding hydrogens is 224 g/mol. The van der Waals surface area contributed by atoms with Crippen LogP contribution in [0.25, 0.3) is 10.4 Å². The Morgan fingerprint density at radius 2 is 2.53 bits per heavy atom. The van der Waals surface area contributed by atoms with Gasteiger partial charge < -0.3 is 15.2 Å². The standard InChI is InChI=1S/C10H18N4O3/c11-10(15)17-7-9(5-13-14-12)4-8-2-1-3-16-6-8/h8-9H,1-7H2,(H2,11,15)/t8-,9+/m1/s1. The number of hydrogen-bond acceptors (Lipinski definition) is 4. The van der Waals surface area contributed by atoms with Gasteiger partial charge in [-0.2, -0.15) is 0 Å². The molecule has 1 rings (SSSR count). The molecule has 0 bridgehead atoms. The Morgan fingerprint density at radius 1 is 1.71 bits per heavy atom. The van der Waals surface area contributed by atoms with Gasteiger partial charge in [-0.05, 0) is 36.6 Å². The van der Waals surface area contributed by atoms with E-state index in [-0.39, 0.29) is 12.5 Å². The summed E-state index contributed by atoms with van der Waals surface area (Å²) >= 11 is 0. The summed E-state index contributed by atoms with van der Waals surface area (Å²) in [6.45, 7) is 2.06. The van der Waals surface area contributed by atoms with E-state index in [1.807, 2.05) is 0 Å². The van der Waals surface area contributed by atoms with E-state index >= 15 is 0 Å². The van der Waals surface area contributed by atoms with E-state index in [4.69, 9.17) is 20.7 Å². The third kappa shape index (κ3) is 5.99. The first-order chi connectivity index (χ1) is 8.22. The molecule has 1 aliphatic rings. The topological polar surface area (TPSA) is 110 Å². The van der Waals surface area contributed by atoms with Gasteiger partial charge in [-0.15, -0.1) is 0 Å². The lowest BCUT2D eigenvalue weighted by atomic mass is 9.91. The van der Waals surface area contributed by atoms with Gasteiger partial charge in [0, 0.05) is 24.7 Å². The van der Waals surface area contributed by atoms with Crippen molar-refractivity contribution in [3.05, 3.63) is 10.4 Å². The predicted octanol–water partition coefficient (Wildman–Crippen LogP) is 1.82. The maximum atomic E-state index is 10.5. The zero-order chi connectivity index (χ0) is 12.5. The molecule has 0 unspecified atom stereocenters. The molecule has 1 fully saturated rings. The van der Waals surface area contributed by atoms with Gasteiger partial charge in [-0.25, -0.2) is 4.79 Å². The number of hydrogen-bond donors (Lipinski definition) is 1. The van der Waals surface area contributed by atoms with Crippen molar-refractivity contribution >= 4 is 6.09 Å². The van der Waals surface area contributed by atoms with Crippen LogP contribution in [0.3, 0.4) is 0 Å². The number of carbonyl (C=O) groups excluding carboxylic acids is 1. The highest BCUT2D eigenvalue weighted by atomic mass is 16.5. The number of nitrogens with two attached hydrogens (primary N) is 1. The van der Waals surface area contributed by atoms with Gasteiger partial charge in [0.25, 0.3) is 0 Å². The summed E-state index contributed by atoms with van der Waals surface area (Å²) in [5.41, 5.74) is 13.2. The minimum atomic E-state index is -0.796. The normalized spacial score (nSPS) is 21.3. The van der Waals surface area contributed by atoms with Gasteiger partial charge in [0.05, 0.1) is 6.61 Å². The quantitative estimate of drug-likeness (QED) is 0.435. The molecule has 0 aromatic rings. The van der Waals surface area contributed by atoms with Crippen LogP contribution in [0.1, 0.15) is 19.3 Å². The SMILES string of the molecule is [N-]=[N+]=NC[C@@H](COC(N)=O)C[C@H]1CCCOC1. The molecule has 2 atom stereocenters. The van der Waals surface area contributed by atoms with E-state index in [1.165, 1.54) is 0 Å². The zero-order valence-corrected chi connectivity index (χ0v) is 9.75. The third-order valence-electron chi connectivity index (χ3n) is 2.79. The monoisotopic (exact) mass is 242 g/mol. The molecule has 1 amide bonds. The van der Waals surface area contributed by atoms with Gasteiger partial charge >= 0.3 is 6.09 Å². The molecule has 2 N–H and O–H groups in total. The van der Waals surface area contributed by atoms with E-state index in [0.717, 1.165) is 32.5 Å². The molecule has 0 aromatic heterocycles. The lowest BCUT2D eigenvalue weighted by Crippen LogP contribution is -2.26. The fourth-order valence-corrected chi connectivity index (χ4v) is 2.01. The van der Waals surface area contributed by atoms with Gasteiger partial charge in [0.2, 0.25) is 0 Å². The van der Waals surface area contributed by atoms with Crippen LogP contribution in [0.2, 0.25) is 0 Å². The molecule has 7 nitrogen and oxygen atoms in total. The van der Waals surface area contributed by atoms with Crippen molar-refractivity contribution in [2.24, 2.45) is 22.7 Å². The Labute approximate surface area is 99.9 Å². The average Bonchev–Trinajstić information content (AvgIpc) is 2.34. The molecule has 1 saturated heterocycles. The molecule has 17 heavy (non-hydrogen) atoms. The van der Waals surface area contributed by atoms with Crippen molar-refractivity contribution in [3.8, 4) is 0 Å². The lowest BCUT2D eigenvalue weighted by molar-refractivity contribution is 0.0396. The summed E-state index contributed by atoms with van der Waals surface area (Å²) in [6.07, 6.45) is 2.18. The van der Waals surface area contributed by atoms with Crippen LogP contribution in [-0.2, 0) is 9.47 Å². The Balaban J connectivity index is 2.37. The number of ether oxygens (including phenoxy) is 2. The summed E-state index contributed by atoms with van der Waals surface area (Å²) < 4.78 is 10.1. The van der Waals surface area contributed by atoms with Gasteiger partial charge in [-0.3, -0.25) is 0 Å². The largest absolute Gasteiger partial charge is 0.449 e. The predicted molar refractivity (Wildman–Crippen MR) is 61.2 cm³/mol. The molecule has 0 saturated carbocycles. The molecule has 0 radical (unpaired) electrons. The van der Waals surface area contributed by atoms with Crippen LogP contribution in [0, 0.1) is 11.8 Å². The van der Waals surface area contributed by atoms with Crippen LogP contribution in [0.5, 0.6) is 0 Å². The minimum Gasteiger partial charge on any atom is -0.449 e. The number of primary amides is 1. The second kappa shape index (κ2) is 7.76. The summed E-state index contributed by atoms with van der Waals surface area (Å²) in [5, 5.41) is 3.52. The summed E-state index contributed by atoms with van der Waals surface area (Å²) in [4.78, 5) is 13.3. The fourth-order valence-electron chi connectivity index (χ4n) is 2.01. The average molecular weight is 242 g/mol. The molecule has 0 spiro atoms. The molecule has 0 aliphatic carbocycles. The Hall–Kier alpha value is -1.46. The third-order valence-corrected chi connectivity index (χ3v) is 2.79. The van der Waals surface area contributed by atoms with Crippen LogP contribution in [0.4, 0.5) is 4.79 Å². The second-order valence-electron chi connectivity index (χ2n) is 4.23. The highest BCUT2D eigenvalue weighted by molar-refractivity contribution is 5.64. The van der Waals surface area contributed by atoms with E-state index in [0.29, 0.717) is 12.5 Å². The number of amides is 1. The van der Waals surface area contributed by atoms with E-state index in [1.54, 1.807) is 0 Å². The van der Waals surface area contributed by atoms with Crippen LogP contribution < -0.4 is 5.73 Å². The zero-order valence-electron chi connectivity index (χ0n) is 9.75. The van der Waals surface area contributed by atoms with Crippen molar-refractivity contribution in [2.45, 2.75) is 19.3 Å². The van der Waals surface area contributed by atoms with Gasteiger partial charge in [0.15, 0.2) is 0 Å². The van der Waals surface area contributed by atoms with Crippen molar-refractivity contribution < 1.29 is 14.3 Å². The summed E-state index contributed by atoms with van der Waals surface area (Å²) in [6, 6.07) is 0. The van der Waals surface area contributed by atoms with E-state index in [2.05, 4.69) is 10.0 Å². The van der Waals surface area contributed by atoms with Crippen LogP contribution >= 0.6 is 0 Å². The Bertz CT molecular complexity index is 285. The van der Waals surface area contributed by atoms with Crippen molar-refractivity contribution in [1.82, 2.24) is 0 Å². The van der Waals surface area contributed by atoms with E-state index in [9.17, 15) is 4.79 Å². The summed E-state index contributed by atoms with van der Waals surface area (Å²) in [7, 11) is 0. The van der Waals surface area contributed by atoms with Gasteiger partial charge in [-0.1, -0.05) is 5.11 Å². The van der Waals surface area contributed by atoms with E-state index < -0.39 is 6.09 Å². The number of azide groups is 1. The van der Waals surface area contributed by atoms with Crippen molar-refractivity contribution in [2.75, 3.05) is 26.4 Å². The molecular formula is C10H18N4O3. The smallest absolute Gasteiger partial charge is 0.404 e. The summed E-state index contributed by atoms with van der Waals surface area (Å²) in [5.74, 6) is 0.462.